The number of benzene rings is 1. The Morgan fingerprint density at radius 1 is 1.35 bits per heavy atom. The third-order valence-corrected chi connectivity index (χ3v) is 3.26. The molecule has 0 fully saturated rings. The van der Waals surface area contributed by atoms with Crippen molar-refractivity contribution in [3.63, 3.8) is 0 Å². The molecule has 0 radical (unpaired) electrons. The van der Waals surface area contributed by atoms with Crippen LogP contribution in [-0.2, 0) is 6.54 Å². The first-order valence-corrected chi connectivity index (χ1v) is 6.90. The first-order valence-electron chi connectivity index (χ1n) is 5.31. The van der Waals surface area contributed by atoms with Crippen molar-refractivity contribution in [2.75, 3.05) is 13.7 Å². The molecular weight excluding hydrogens is 346 g/mol. The Hall–Kier alpha value is -0.500. The second-order valence-electron chi connectivity index (χ2n) is 3.43. The zero-order valence-corrected chi connectivity index (χ0v) is 13.1. The fourth-order valence-corrected chi connectivity index (χ4v) is 2.95. The monoisotopic (exact) mass is 359 g/mol. The predicted molar refractivity (Wildman–Crippen MR) is 78.2 cm³/mol. The Kier molecular flexibility index (Phi) is 6.64. The maximum Gasteiger partial charge on any atom is 0.137 e. The average molecular weight is 361 g/mol. The van der Waals surface area contributed by atoms with E-state index < -0.39 is 0 Å². The Balaban J connectivity index is 2.65. The molecule has 0 aromatic heterocycles. The molecule has 92 valence electrons. The minimum absolute atomic E-state index is 0.770. The van der Waals surface area contributed by atoms with E-state index in [2.05, 4.69) is 55.1 Å². The molecule has 0 heterocycles. The van der Waals surface area contributed by atoms with Gasteiger partial charge in [0.05, 0.1) is 11.6 Å². The summed E-state index contributed by atoms with van der Waals surface area (Å²) in [5.74, 6) is 6.78. The second-order valence-corrected chi connectivity index (χ2v) is 5.20. The Bertz CT molecular complexity index is 435. The van der Waals surface area contributed by atoms with Crippen LogP contribution in [0.1, 0.15) is 18.9 Å². The fraction of sp³-hybridized carbons (Fsp3) is 0.385. The van der Waals surface area contributed by atoms with Crippen LogP contribution in [0.2, 0.25) is 0 Å². The van der Waals surface area contributed by atoms with Crippen molar-refractivity contribution in [2.24, 2.45) is 0 Å². The van der Waals surface area contributed by atoms with E-state index >= 15 is 0 Å². The zero-order valence-electron chi connectivity index (χ0n) is 9.94. The van der Waals surface area contributed by atoms with Crippen molar-refractivity contribution in [1.29, 1.82) is 0 Å². The van der Waals surface area contributed by atoms with E-state index in [-0.39, 0.29) is 0 Å². The molecule has 0 bridgehead atoms. The molecular formula is C13H15Br2NO. The average Bonchev–Trinajstić information content (AvgIpc) is 2.28. The van der Waals surface area contributed by atoms with Gasteiger partial charge in [0, 0.05) is 29.5 Å². The van der Waals surface area contributed by atoms with Gasteiger partial charge in [-0.1, -0.05) is 15.9 Å². The second kappa shape index (κ2) is 7.75. The number of nitrogens with one attached hydrogen (secondary N) is 1. The van der Waals surface area contributed by atoms with Crippen molar-refractivity contribution in [3.8, 4) is 17.6 Å². The van der Waals surface area contributed by atoms with E-state index in [1.807, 2.05) is 13.0 Å². The number of hydrogen-bond acceptors (Lipinski definition) is 2. The summed E-state index contributed by atoms with van der Waals surface area (Å²) in [7, 11) is 1.68. The van der Waals surface area contributed by atoms with Crippen LogP contribution < -0.4 is 10.1 Å². The molecule has 0 aliphatic rings. The third-order valence-electron chi connectivity index (χ3n) is 2.21. The van der Waals surface area contributed by atoms with E-state index in [9.17, 15) is 0 Å². The molecule has 0 amide bonds. The molecule has 2 nitrogen and oxygen atoms in total. The van der Waals surface area contributed by atoms with Gasteiger partial charge in [0.15, 0.2) is 0 Å². The van der Waals surface area contributed by atoms with Crippen LogP contribution in [-0.4, -0.2) is 13.7 Å². The first-order chi connectivity index (χ1) is 8.19. The van der Waals surface area contributed by atoms with Gasteiger partial charge in [0.2, 0.25) is 0 Å². The lowest BCUT2D eigenvalue weighted by molar-refractivity contribution is 0.405. The fourth-order valence-electron chi connectivity index (χ4n) is 1.47. The number of methoxy groups -OCH3 is 1. The van der Waals surface area contributed by atoms with E-state index in [4.69, 9.17) is 4.74 Å². The molecule has 1 aromatic rings. The largest absolute Gasteiger partial charge is 0.495 e. The minimum Gasteiger partial charge on any atom is -0.495 e. The SMILES string of the molecule is CC#CCCNCc1cc(Br)cc(Br)c1OC. The van der Waals surface area contributed by atoms with Gasteiger partial charge >= 0.3 is 0 Å². The molecule has 1 rings (SSSR count). The number of halogens is 2. The lowest BCUT2D eigenvalue weighted by atomic mass is 10.2. The van der Waals surface area contributed by atoms with Crippen molar-refractivity contribution in [1.82, 2.24) is 5.32 Å². The van der Waals surface area contributed by atoms with Crippen molar-refractivity contribution in [2.45, 2.75) is 19.9 Å². The third kappa shape index (κ3) is 4.71. The van der Waals surface area contributed by atoms with Gasteiger partial charge in [0.25, 0.3) is 0 Å². The molecule has 17 heavy (non-hydrogen) atoms. The smallest absolute Gasteiger partial charge is 0.137 e. The molecule has 0 spiro atoms. The zero-order chi connectivity index (χ0) is 12.7. The van der Waals surface area contributed by atoms with Crippen molar-refractivity contribution in [3.05, 3.63) is 26.6 Å². The van der Waals surface area contributed by atoms with E-state index in [0.717, 1.165) is 39.8 Å². The number of rotatable bonds is 5. The summed E-state index contributed by atoms with van der Waals surface area (Å²) < 4.78 is 7.37. The highest BCUT2D eigenvalue weighted by Crippen LogP contribution is 2.32. The summed E-state index contributed by atoms with van der Waals surface area (Å²) in [5, 5.41) is 3.34. The number of ether oxygens (including phenoxy) is 1. The van der Waals surface area contributed by atoms with Crippen molar-refractivity contribution >= 4 is 31.9 Å². The maximum atomic E-state index is 5.37. The minimum atomic E-state index is 0.770. The highest BCUT2D eigenvalue weighted by Gasteiger charge is 2.08. The number of hydrogen-bond donors (Lipinski definition) is 1. The molecule has 1 aromatic carbocycles. The van der Waals surface area contributed by atoms with Crippen LogP contribution in [0.15, 0.2) is 21.1 Å². The summed E-state index contributed by atoms with van der Waals surface area (Å²) in [5.41, 5.74) is 1.12. The Morgan fingerprint density at radius 2 is 2.12 bits per heavy atom. The lowest BCUT2D eigenvalue weighted by Gasteiger charge is -2.11. The summed E-state index contributed by atoms with van der Waals surface area (Å²) in [4.78, 5) is 0. The van der Waals surface area contributed by atoms with Crippen molar-refractivity contribution < 1.29 is 4.74 Å². The molecule has 0 unspecified atom stereocenters. The molecule has 0 aliphatic carbocycles. The molecule has 0 saturated carbocycles. The molecule has 0 aliphatic heterocycles. The highest BCUT2D eigenvalue weighted by molar-refractivity contribution is 9.11. The van der Waals surface area contributed by atoms with Crippen LogP contribution in [0.3, 0.4) is 0 Å². The Labute approximate surface area is 119 Å². The van der Waals surface area contributed by atoms with Crippen LogP contribution in [0, 0.1) is 11.8 Å². The van der Waals surface area contributed by atoms with Gasteiger partial charge in [-0.3, -0.25) is 0 Å². The Morgan fingerprint density at radius 3 is 2.76 bits per heavy atom. The first kappa shape index (κ1) is 14.6. The summed E-state index contributed by atoms with van der Waals surface area (Å²) in [6, 6.07) is 4.03. The van der Waals surface area contributed by atoms with Gasteiger partial charge in [-0.15, -0.1) is 11.8 Å². The van der Waals surface area contributed by atoms with E-state index in [0.29, 0.717) is 0 Å². The quantitative estimate of drug-likeness (QED) is 0.638. The van der Waals surface area contributed by atoms with Gasteiger partial charge < -0.3 is 10.1 Å². The van der Waals surface area contributed by atoms with Crippen LogP contribution >= 0.6 is 31.9 Å². The molecule has 0 saturated heterocycles. The van der Waals surface area contributed by atoms with Crippen LogP contribution in [0.5, 0.6) is 5.75 Å². The van der Waals surface area contributed by atoms with E-state index in [1.165, 1.54) is 0 Å². The molecule has 4 heteroatoms. The predicted octanol–water partition coefficient (Wildman–Crippen LogP) is 3.72. The standard InChI is InChI=1S/C13H15Br2NO/c1-3-4-5-6-16-9-10-7-11(14)8-12(15)13(10)17-2/h7-8,16H,5-6,9H2,1-2H3. The van der Waals surface area contributed by atoms with E-state index in [1.54, 1.807) is 7.11 Å². The van der Waals surface area contributed by atoms with Crippen LogP contribution in [0.4, 0.5) is 0 Å². The van der Waals surface area contributed by atoms with Gasteiger partial charge in [-0.25, -0.2) is 0 Å². The lowest BCUT2D eigenvalue weighted by Crippen LogP contribution is -2.15. The highest BCUT2D eigenvalue weighted by atomic mass is 79.9. The molecule has 0 atom stereocenters. The summed E-state index contributed by atoms with van der Waals surface area (Å²) in [6.45, 7) is 3.51. The maximum absolute atomic E-state index is 5.37. The summed E-state index contributed by atoms with van der Waals surface area (Å²) in [6.07, 6.45) is 0.869. The van der Waals surface area contributed by atoms with Crippen LogP contribution in [0.25, 0.3) is 0 Å². The molecule has 1 N–H and O–H groups in total. The topological polar surface area (TPSA) is 21.3 Å². The summed E-state index contributed by atoms with van der Waals surface area (Å²) >= 11 is 6.96. The van der Waals surface area contributed by atoms with Gasteiger partial charge in [-0.2, -0.15) is 0 Å². The van der Waals surface area contributed by atoms with Gasteiger partial charge in [0.1, 0.15) is 5.75 Å². The van der Waals surface area contributed by atoms with Gasteiger partial charge in [-0.05, 0) is 35.0 Å². The normalized spacial score (nSPS) is 9.65.